The van der Waals surface area contributed by atoms with E-state index < -0.39 is 36.4 Å². The zero-order valence-corrected chi connectivity index (χ0v) is 20.1. The summed E-state index contributed by atoms with van der Waals surface area (Å²) in [6, 6.07) is 21.8. The summed E-state index contributed by atoms with van der Waals surface area (Å²) in [5.74, 6) is -2.32. The Balaban J connectivity index is 1.83. The average molecular weight is 489 g/mol. The van der Waals surface area contributed by atoms with Gasteiger partial charge in [-0.15, -0.1) is 0 Å². The normalized spacial score (nSPS) is 11.1. The van der Waals surface area contributed by atoms with Gasteiger partial charge in [0.1, 0.15) is 0 Å². The van der Waals surface area contributed by atoms with Crippen LogP contribution in [0, 0.1) is 6.92 Å². The van der Waals surface area contributed by atoms with Gasteiger partial charge in [0.2, 0.25) is 11.9 Å². The van der Waals surface area contributed by atoms with Crippen LogP contribution in [0.1, 0.15) is 12.5 Å². The van der Waals surface area contributed by atoms with Gasteiger partial charge in [-0.2, -0.15) is 0 Å². The second kappa shape index (κ2) is 12.7. The van der Waals surface area contributed by atoms with Gasteiger partial charge >= 0.3 is 12.0 Å². The molecule has 0 radical (unpaired) electrons. The minimum Gasteiger partial charge on any atom is -0.464 e. The standard InChI is InChI=1S/C27H28N4O5/c1-3-36-26(34)24(25(33)29-20-12-6-4-7-13-20)31(22-15-8-5-9-16-22)23(32)18-28-27(35)30-21-14-10-11-19(2)17-21/h4-17,24H,3,18H2,1-2H3,(H,29,33)(H2,28,30,35). The van der Waals surface area contributed by atoms with E-state index in [2.05, 4.69) is 16.0 Å². The van der Waals surface area contributed by atoms with Gasteiger partial charge in [-0.05, 0) is 55.8 Å². The third kappa shape index (κ3) is 7.17. The Bertz CT molecular complexity index is 1200. The number of rotatable bonds is 9. The molecule has 0 aliphatic heterocycles. The van der Waals surface area contributed by atoms with Gasteiger partial charge in [0, 0.05) is 17.1 Å². The number of carbonyl (C=O) groups is 4. The molecule has 4 amide bonds. The first-order valence-electron chi connectivity index (χ1n) is 11.4. The number of hydrogen-bond acceptors (Lipinski definition) is 5. The number of nitrogens with zero attached hydrogens (tertiary/aromatic N) is 1. The predicted octanol–water partition coefficient (Wildman–Crippen LogP) is 3.72. The van der Waals surface area contributed by atoms with Crippen molar-refractivity contribution in [2.75, 3.05) is 28.7 Å². The van der Waals surface area contributed by atoms with E-state index in [0.29, 0.717) is 17.1 Å². The number of para-hydroxylation sites is 2. The van der Waals surface area contributed by atoms with Crippen LogP contribution in [0.4, 0.5) is 21.9 Å². The first-order valence-corrected chi connectivity index (χ1v) is 11.4. The molecule has 3 aromatic rings. The molecule has 0 fully saturated rings. The van der Waals surface area contributed by atoms with Gasteiger partial charge in [0.05, 0.1) is 13.2 Å². The quantitative estimate of drug-likeness (QED) is 0.314. The van der Waals surface area contributed by atoms with Crippen LogP contribution in [-0.2, 0) is 19.1 Å². The highest BCUT2D eigenvalue weighted by Gasteiger charge is 2.38. The SMILES string of the molecule is CCOC(=O)C(C(=O)Nc1ccccc1)N(C(=O)CNC(=O)Nc1cccc(C)c1)c1ccccc1. The molecule has 9 nitrogen and oxygen atoms in total. The maximum absolute atomic E-state index is 13.4. The van der Waals surface area contributed by atoms with Crippen LogP contribution < -0.4 is 20.9 Å². The minimum absolute atomic E-state index is 0.0158. The zero-order valence-electron chi connectivity index (χ0n) is 20.1. The maximum atomic E-state index is 13.4. The van der Waals surface area contributed by atoms with Crippen molar-refractivity contribution in [2.24, 2.45) is 0 Å². The van der Waals surface area contributed by atoms with Crippen LogP contribution in [-0.4, -0.2) is 43.0 Å². The van der Waals surface area contributed by atoms with E-state index in [9.17, 15) is 19.2 Å². The second-order valence-corrected chi connectivity index (χ2v) is 7.79. The van der Waals surface area contributed by atoms with Crippen molar-refractivity contribution in [1.82, 2.24) is 5.32 Å². The maximum Gasteiger partial charge on any atom is 0.339 e. The highest BCUT2D eigenvalue weighted by atomic mass is 16.5. The topological polar surface area (TPSA) is 117 Å². The molecule has 1 unspecified atom stereocenters. The van der Waals surface area contributed by atoms with Crippen LogP contribution in [0.15, 0.2) is 84.9 Å². The first-order chi connectivity index (χ1) is 17.4. The van der Waals surface area contributed by atoms with Gasteiger partial charge in [-0.25, -0.2) is 9.59 Å². The minimum atomic E-state index is -1.62. The molecule has 0 bridgehead atoms. The molecular weight excluding hydrogens is 460 g/mol. The molecular formula is C27H28N4O5. The van der Waals surface area contributed by atoms with Gasteiger partial charge < -0.3 is 20.7 Å². The molecule has 0 aromatic heterocycles. The summed E-state index contributed by atoms with van der Waals surface area (Å²) in [6.07, 6.45) is 0. The lowest BCUT2D eigenvalue weighted by molar-refractivity contribution is -0.148. The molecule has 0 heterocycles. The number of hydrogen-bond donors (Lipinski definition) is 3. The van der Waals surface area contributed by atoms with Gasteiger partial charge in [-0.3, -0.25) is 14.5 Å². The third-order valence-corrected chi connectivity index (χ3v) is 5.04. The first kappa shape index (κ1) is 26.0. The van der Waals surface area contributed by atoms with E-state index >= 15 is 0 Å². The summed E-state index contributed by atoms with van der Waals surface area (Å²) in [7, 11) is 0. The van der Waals surface area contributed by atoms with E-state index in [0.717, 1.165) is 10.5 Å². The van der Waals surface area contributed by atoms with Crippen LogP contribution in [0.2, 0.25) is 0 Å². The predicted molar refractivity (Wildman–Crippen MR) is 138 cm³/mol. The Hall–Kier alpha value is -4.66. The van der Waals surface area contributed by atoms with Crippen LogP contribution in [0.25, 0.3) is 0 Å². The van der Waals surface area contributed by atoms with E-state index in [4.69, 9.17) is 4.74 Å². The van der Waals surface area contributed by atoms with Crippen molar-refractivity contribution in [3.8, 4) is 0 Å². The van der Waals surface area contributed by atoms with E-state index in [1.807, 2.05) is 13.0 Å². The highest BCUT2D eigenvalue weighted by molar-refractivity contribution is 6.16. The monoisotopic (exact) mass is 488 g/mol. The Morgan fingerprint density at radius 2 is 1.47 bits per heavy atom. The smallest absolute Gasteiger partial charge is 0.339 e. The number of carbonyl (C=O) groups excluding carboxylic acids is 4. The molecule has 3 aromatic carbocycles. The molecule has 9 heteroatoms. The average Bonchev–Trinajstić information content (AvgIpc) is 2.87. The van der Waals surface area contributed by atoms with Gasteiger partial charge in [-0.1, -0.05) is 48.5 Å². The largest absolute Gasteiger partial charge is 0.464 e. The van der Waals surface area contributed by atoms with Crippen molar-refractivity contribution in [2.45, 2.75) is 19.9 Å². The van der Waals surface area contributed by atoms with E-state index in [-0.39, 0.29) is 6.61 Å². The summed E-state index contributed by atoms with van der Waals surface area (Å²) in [6.45, 7) is 3.04. The summed E-state index contributed by atoms with van der Waals surface area (Å²) >= 11 is 0. The fraction of sp³-hybridized carbons (Fsp3) is 0.185. The summed E-state index contributed by atoms with van der Waals surface area (Å²) in [5.41, 5.74) is 2.27. The Morgan fingerprint density at radius 3 is 2.11 bits per heavy atom. The van der Waals surface area contributed by atoms with Crippen LogP contribution in [0.3, 0.4) is 0 Å². The molecule has 36 heavy (non-hydrogen) atoms. The highest BCUT2D eigenvalue weighted by Crippen LogP contribution is 2.20. The molecule has 3 N–H and O–H groups in total. The number of nitrogens with one attached hydrogen (secondary N) is 3. The molecule has 0 aliphatic carbocycles. The van der Waals surface area contributed by atoms with Gasteiger partial charge in [0.15, 0.2) is 0 Å². The number of amides is 4. The van der Waals surface area contributed by atoms with Crippen molar-refractivity contribution in [1.29, 1.82) is 0 Å². The number of anilines is 3. The van der Waals surface area contributed by atoms with Crippen molar-refractivity contribution >= 4 is 40.9 Å². The zero-order chi connectivity index (χ0) is 25.9. The lowest BCUT2D eigenvalue weighted by Gasteiger charge is -2.29. The molecule has 0 saturated heterocycles. The van der Waals surface area contributed by atoms with Crippen LogP contribution in [0.5, 0.6) is 0 Å². The van der Waals surface area contributed by atoms with Gasteiger partial charge in [0.25, 0.3) is 5.91 Å². The summed E-state index contributed by atoms with van der Waals surface area (Å²) < 4.78 is 5.14. The number of ether oxygens (including phenoxy) is 1. The lowest BCUT2D eigenvalue weighted by Crippen LogP contribution is -2.55. The molecule has 0 saturated carbocycles. The van der Waals surface area contributed by atoms with Crippen molar-refractivity contribution < 1.29 is 23.9 Å². The number of benzene rings is 3. The molecule has 186 valence electrons. The fourth-order valence-corrected chi connectivity index (χ4v) is 3.45. The van der Waals surface area contributed by atoms with Crippen LogP contribution >= 0.6 is 0 Å². The number of aryl methyl sites for hydroxylation is 1. The molecule has 3 rings (SSSR count). The van der Waals surface area contributed by atoms with E-state index in [1.54, 1.807) is 85.8 Å². The molecule has 1 atom stereocenters. The van der Waals surface area contributed by atoms with Crippen molar-refractivity contribution in [3.05, 3.63) is 90.5 Å². The molecule has 0 spiro atoms. The summed E-state index contributed by atoms with van der Waals surface area (Å²) in [5, 5.41) is 7.80. The number of urea groups is 1. The number of esters is 1. The van der Waals surface area contributed by atoms with E-state index in [1.165, 1.54) is 0 Å². The fourth-order valence-electron chi connectivity index (χ4n) is 3.45. The lowest BCUT2D eigenvalue weighted by atomic mass is 10.1. The second-order valence-electron chi connectivity index (χ2n) is 7.79. The Morgan fingerprint density at radius 1 is 0.833 bits per heavy atom. The Kier molecular flexibility index (Phi) is 9.16. The third-order valence-electron chi connectivity index (χ3n) is 5.04. The summed E-state index contributed by atoms with van der Waals surface area (Å²) in [4.78, 5) is 53.0. The molecule has 0 aliphatic rings. The Labute approximate surface area is 209 Å². The van der Waals surface area contributed by atoms with Crippen molar-refractivity contribution in [3.63, 3.8) is 0 Å².